The van der Waals surface area contributed by atoms with Crippen molar-refractivity contribution in [3.05, 3.63) is 41.7 Å². The number of hydrogen-bond donors (Lipinski definition) is 1. The molecular weight excluding hydrogens is 548 g/mol. The predicted octanol–water partition coefficient (Wildman–Crippen LogP) is 5.46. The number of anilines is 3. The zero-order chi connectivity index (χ0) is 30.8. The van der Waals surface area contributed by atoms with Gasteiger partial charge in [-0.05, 0) is 70.2 Å². The molecule has 1 aromatic carbocycles. The molecule has 0 spiro atoms. The Bertz CT molecular complexity index is 1490. The standard InChI is InChI=1S/C35H50N8O/c1-7-29-35(41(5)27-10-8-9-24(2)21-27)39-32-28(23-37-34(36-3)33(32)38-29)25-11-12-30(31(22-25)44-6)43-15-13-26(14-16-43)42-19-17-40(4)18-20-42/h9,11-12,22-23,26-27H,7-8,10,13-21H2,1-6H3,(H,36,37)/t27-/m1/s1. The van der Waals surface area contributed by atoms with E-state index in [2.05, 4.69) is 77.1 Å². The SMILES string of the molecule is CCc1nc2c(NC)ncc(-c3ccc(N4CCC(N5CCN(C)CC5)CC4)c(OC)c3)c2nc1N(C)[C@@H]1CCC=C(C)C1. The summed E-state index contributed by atoms with van der Waals surface area (Å²) in [6.45, 7) is 11.2. The van der Waals surface area contributed by atoms with Crippen LogP contribution >= 0.6 is 0 Å². The normalized spacial score (nSPS) is 20.5. The summed E-state index contributed by atoms with van der Waals surface area (Å²) < 4.78 is 6.02. The topological polar surface area (TPSA) is 72.9 Å². The summed E-state index contributed by atoms with van der Waals surface area (Å²) in [4.78, 5) is 25.3. The predicted molar refractivity (Wildman–Crippen MR) is 182 cm³/mol. The molecule has 2 aliphatic heterocycles. The van der Waals surface area contributed by atoms with Crippen LogP contribution in [0, 0.1) is 0 Å². The molecule has 3 aliphatic rings. The molecular formula is C35H50N8O. The van der Waals surface area contributed by atoms with Crippen molar-refractivity contribution in [1.29, 1.82) is 0 Å². The lowest BCUT2D eigenvalue weighted by molar-refractivity contribution is 0.0981. The van der Waals surface area contributed by atoms with Crippen molar-refractivity contribution in [3.8, 4) is 16.9 Å². The van der Waals surface area contributed by atoms with Crippen molar-refractivity contribution in [1.82, 2.24) is 24.8 Å². The lowest BCUT2D eigenvalue weighted by Crippen LogP contribution is -2.52. The highest BCUT2D eigenvalue weighted by Gasteiger charge is 2.28. The summed E-state index contributed by atoms with van der Waals surface area (Å²) in [7, 11) is 8.09. The monoisotopic (exact) mass is 598 g/mol. The molecule has 6 rings (SSSR count). The van der Waals surface area contributed by atoms with E-state index in [4.69, 9.17) is 19.7 Å². The van der Waals surface area contributed by atoms with Crippen LogP contribution in [0.4, 0.5) is 17.3 Å². The molecule has 44 heavy (non-hydrogen) atoms. The highest BCUT2D eigenvalue weighted by atomic mass is 16.5. The first-order valence-corrected chi connectivity index (χ1v) is 16.5. The molecule has 9 heteroatoms. The van der Waals surface area contributed by atoms with E-state index >= 15 is 0 Å². The van der Waals surface area contributed by atoms with Crippen molar-refractivity contribution in [2.45, 2.75) is 64.5 Å². The molecule has 1 N–H and O–H groups in total. The molecule has 236 valence electrons. The zero-order valence-corrected chi connectivity index (χ0v) is 27.6. The van der Waals surface area contributed by atoms with Crippen molar-refractivity contribution in [2.75, 3.05) is 82.6 Å². The molecule has 0 amide bonds. The summed E-state index contributed by atoms with van der Waals surface area (Å²) in [5, 5.41) is 3.25. The third-order valence-corrected chi connectivity index (χ3v) is 10.1. The summed E-state index contributed by atoms with van der Waals surface area (Å²) in [6, 6.07) is 7.69. The number of aromatic nitrogens is 3. The van der Waals surface area contributed by atoms with Gasteiger partial charge in [0.15, 0.2) is 11.6 Å². The Morgan fingerprint density at radius 3 is 2.48 bits per heavy atom. The number of likely N-dealkylation sites (N-methyl/N-ethyl adjacent to an activating group) is 1. The van der Waals surface area contributed by atoms with Crippen LogP contribution in [0.5, 0.6) is 5.75 Å². The van der Waals surface area contributed by atoms with E-state index in [0.29, 0.717) is 12.1 Å². The van der Waals surface area contributed by atoms with E-state index in [9.17, 15) is 0 Å². The number of piperidine rings is 1. The Morgan fingerprint density at radius 2 is 1.80 bits per heavy atom. The van der Waals surface area contributed by atoms with Gasteiger partial charge in [-0.15, -0.1) is 0 Å². The maximum atomic E-state index is 6.02. The van der Waals surface area contributed by atoms with Gasteiger partial charge in [0, 0.05) is 77.2 Å². The maximum Gasteiger partial charge on any atom is 0.153 e. The van der Waals surface area contributed by atoms with Crippen LogP contribution in [0.3, 0.4) is 0 Å². The second kappa shape index (κ2) is 13.3. The van der Waals surface area contributed by atoms with Crippen LogP contribution in [0.2, 0.25) is 0 Å². The number of pyridine rings is 1. The average molecular weight is 599 g/mol. The quantitative estimate of drug-likeness (QED) is 0.341. The Balaban J connectivity index is 1.31. The zero-order valence-electron chi connectivity index (χ0n) is 27.6. The van der Waals surface area contributed by atoms with Gasteiger partial charge in [0.25, 0.3) is 0 Å². The second-order valence-corrected chi connectivity index (χ2v) is 12.9. The maximum absolute atomic E-state index is 6.02. The minimum atomic E-state index is 0.422. The molecule has 2 saturated heterocycles. The Kier molecular flexibility index (Phi) is 9.23. The molecule has 0 radical (unpaired) electrons. The van der Waals surface area contributed by atoms with Crippen LogP contribution in [-0.2, 0) is 6.42 Å². The lowest BCUT2D eigenvalue weighted by Gasteiger charge is -2.42. The number of rotatable bonds is 8. The number of nitrogens with zero attached hydrogens (tertiary/aromatic N) is 7. The third-order valence-electron chi connectivity index (χ3n) is 10.1. The van der Waals surface area contributed by atoms with E-state index in [0.717, 1.165) is 89.7 Å². The van der Waals surface area contributed by atoms with E-state index in [-0.39, 0.29) is 0 Å². The van der Waals surface area contributed by atoms with Crippen LogP contribution in [-0.4, -0.2) is 104 Å². The fraction of sp³-hybridized carbons (Fsp3) is 0.571. The smallest absolute Gasteiger partial charge is 0.153 e. The third kappa shape index (κ3) is 6.09. The highest BCUT2D eigenvalue weighted by molar-refractivity contribution is 5.98. The van der Waals surface area contributed by atoms with Crippen LogP contribution in [0.25, 0.3) is 22.2 Å². The number of benzene rings is 1. The van der Waals surface area contributed by atoms with Gasteiger partial charge in [-0.1, -0.05) is 24.6 Å². The number of nitrogens with one attached hydrogen (secondary N) is 1. The largest absolute Gasteiger partial charge is 0.495 e. The number of aryl methyl sites for hydroxylation is 1. The van der Waals surface area contributed by atoms with Gasteiger partial charge in [0.1, 0.15) is 16.8 Å². The Morgan fingerprint density at radius 1 is 1.02 bits per heavy atom. The summed E-state index contributed by atoms with van der Waals surface area (Å²) in [5.41, 5.74) is 7.33. The molecule has 3 aromatic rings. The summed E-state index contributed by atoms with van der Waals surface area (Å²) >= 11 is 0. The minimum Gasteiger partial charge on any atom is -0.495 e. The van der Waals surface area contributed by atoms with Crippen LogP contribution in [0.1, 0.15) is 51.6 Å². The first-order chi connectivity index (χ1) is 21.4. The molecule has 0 saturated carbocycles. The molecule has 9 nitrogen and oxygen atoms in total. The first-order valence-electron chi connectivity index (χ1n) is 16.5. The first kappa shape index (κ1) is 30.6. The number of piperazine rings is 1. The molecule has 1 atom stereocenters. The molecule has 0 unspecified atom stereocenters. The summed E-state index contributed by atoms with van der Waals surface area (Å²) in [6.07, 6.45) is 10.8. The number of ether oxygens (including phenoxy) is 1. The van der Waals surface area contributed by atoms with Gasteiger partial charge >= 0.3 is 0 Å². The van der Waals surface area contributed by atoms with Gasteiger partial charge in [-0.3, -0.25) is 4.90 Å². The van der Waals surface area contributed by atoms with E-state index in [1.54, 1.807) is 7.11 Å². The fourth-order valence-electron chi connectivity index (χ4n) is 7.33. The molecule has 2 aromatic heterocycles. The number of methoxy groups -OCH3 is 1. The fourth-order valence-corrected chi connectivity index (χ4v) is 7.33. The Hall–Kier alpha value is -3.43. The number of allylic oxidation sites excluding steroid dienone is 1. The molecule has 2 fully saturated rings. The van der Waals surface area contributed by atoms with Crippen LogP contribution in [0.15, 0.2) is 36.0 Å². The number of fused-ring (bicyclic) bond motifs is 1. The van der Waals surface area contributed by atoms with Gasteiger partial charge in [0.2, 0.25) is 0 Å². The van der Waals surface area contributed by atoms with E-state index in [1.807, 2.05) is 13.2 Å². The highest BCUT2D eigenvalue weighted by Crippen LogP contribution is 2.39. The molecule has 0 bridgehead atoms. The summed E-state index contributed by atoms with van der Waals surface area (Å²) in [5.74, 6) is 2.62. The van der Waals surface area contributed by atoms with Crippen molar-refractivity contribution in [3.63, 3.8) is 0 Å². The number of hydrogen-bond acceptors (Lipinski definition) is 9. The van der Waals surface area contributed by atoms with Crippen LogP contribution < -0.4 is 19.9 Å². The minimum absolute atomic E-state index is 0.422. The van der Waals surface area contributed by atoms with E-state index < -0.39 is 0 Å². The van der Waals surface area contributed by atoms with Gasteiger partial charge in [-0.25, -0.2) is 15.0 Å². The van der Waals surface area contributed by atoms with Gasteiger partial charge in [0.05, 0.1) is 18.5 Å². The van der Waals surface area contributed by atoms with Crippen molar-refractivity contribution >= 4 is 28.4 Å². The van der Waals surface area contributed by atoms with E-state index in [1.165, 1.54) is 44.6 Å². The second-order valence-electron chi connectivity index (χ2n) is 12.9. The molecule has 4 heterocycles. The van der Waals surface area contributed by atoms with Gasteiger partial charge < -0.3 is 24.8 Å². The lowest BCUT2D eigenvalue weighted by atomic mass is 9.94. The molecule has 1 aliphatic carbocycles. The van der Waals surface area contributed by atoms with Gasteiger partial charge in [-0.2, -0.15) is 0 Å². The Labute approximate surface area is 263 Å². The average Bonchev–Trinajstić information content (AvgIpc) is 3.07. The van der Waals surface area contributed by atoms with Crippen molar-refractivity contribution in [2.24, 2.45) is 0 Å². The van der Waals surface area contributed by atoms with Crippen molar-refractivity contribution < 1.29 is 4.74 Å².